The van der Waals surface area contributed by atoms with E-state index in [0.717, 1.165) is 22.3 Å². The molecule has 4 rings (SSSR count). The number of nitrogens with zero attached hydrogens (tertiary/aromatic N) is 1. The van der Waals surface area contributed by atoms with Crippen molar-refractivity contribution in [3.05, 3.63) is 93.5 Å². The van der Waals surface area contributed by atoms with Crippen LogP contribution in [0.5, 0.6) is 0 Å². The van der Waals surface area contributed by atoms with Crippen molar-refractivity contribution in [3.8, 4) is 0 Å². The zero-order valence-electron chi connectivity index (χ0n) is 17.0. The van der Waals surface area contributed by atoms with Gasteiger partial charge in [0.15, 0.2) is 0 Å². The molecule has 1 aromatic heterocycles. The minimum atomic E-state index is -0.397. The molecule has 0 saturated carbocycles. The fraction of sp³-hybridized carbons (Fsp3) is 0.167. The van der Waals surface area contributed by atoms with Crippen molar-refractivity contribution >= 4 is 34.7 Å². The van der Waals surface area contributed by atoms with E-state index in [-0.39, 0.29) is 18.1 Å². The summed E-state index contributed by atoms with van der Waals surface area (Å²) in [6.07, 6.45) is 1.52. The first-order valence-corrected chi connectivity index (χ1v) is 9.97. The van der Waals surface area contributed by atoms with Crippen molar-refractivity contribution in [2.75, 3.05) is 5.32 Å². The summed E-state index contributed by atoms with van der Waals surface area (Å²) in [6.45, 7) is 5.86. The Labute approximate surface area is 180 Å². The summed E-state index contributed by atoms with van der Waals surface area (Å²) < 4.78 is 5.36. The van der Waals surface area contributed by atoms with Crippen LogP contribution in [0.25, 0.3) is 5.57 Å². The third-order valence-electron chi connectivity index (χ3n) is 5.24. The molecular formula is C24H21ClN2O3. The number of nitrogens with one attached hydrogen (secondary N) is 1. The van der Waals surface area contributed by atoms with Gasteiger partial charge in [-0.1, -0.05) is 41.4 Å². The molecule has 0 radical (unpaired) electrons. The number of rotatable bonds is 5. The Balaban J connectivity index is 1.82. The summed E-state index contributed by atoms with van der Waals surface area (Å²) in [6, 6.07) is 14.7. The van der Waals surface area contributed by atoms with Gasteiger partial charge in [-0.15, -0.1) is 0 Å². The van der Waals surface area contributed by atoms with Gasteiger partial charge in [0, 0.05) is 10.7 Å². The van der Waals surface area contributed by atoms with Crippen LogP contribution in [0.3, 0.4) is 0 Å². The highest BCUT2D eigenvalue weighted by Gasteiger charge is 2.40. The highest BCUT2D eigenvalue weighted by atomic mass is 35.5. The molecule has 1 aliphatic heterocycles. The number of furan rings is 1. The molecule has 1 N–H and O–H groups in total. The molecule has 2 amide bonds. The largest absolute Gasteiger partial charge is 0.467 e. The highest BCUT2D eigenvalue weighted by molar-refractivity contribution is 6.37. The van der Waals surface area contributed by atoms with Crippen LogP contribution in [-0.2, 0) is 16.1 Å². The van der Waals surface area contributed by atoms with E-state index in [1.54, 1.807) is 24.3 Å². The van der Waals surface area contributed by atoms with E-state index in [9.17, 15) is 9.59 Å². The lowest BCUT2D eigenvalue weighted by molar-refractivity contribution is -0.137. The van der Waals surface area contributed by atoms with Crippen LogP contribution in [-0.4, -0.2) is 16.7 Å². The van der Waals surface area contributed by atoms with E-state index in [4.69, 9.17) is 16.0 Å². The maximum atomic E-state index is 13.4. The summed E-state index contributed by atoms with van der Waals surface area (Å²) in [5, 5.41) is 3.76. The normalized spacial score (nSPS) is 14.1. The molecule has 3 aromatic rings. The first-order chi connectivity index (χ1) is 14.4. The number of benzene rings is 2. The first kappa shape index (κ1) is 20.0. The number of amides is 2. The van der Waals surface area contributed by atoms with Gasteiger partial charge in [0.05, 0.1) is 18.4 Å². The SMILES string of the molecule is Cc1ccc(C2=C(Nc3cccc(Cl)c3C)C(=O)N(Cc3ccco3)C2=O)c(C)c1. The Morgan fingerprint density at radius 1 is 1.00 bits per heavy atom. The fourth-order valence-corrected chi connectivity index (χ4v) is 3.79. The standard InChI is InChI=1S/C24H21ClN2O3/c1-14-9-10-18(15(2)12-14)21-22(26-20-8-4-7-19(25)16(20)3)24(29)27(23(21)28)13-17-6-5-11-30-17/h4-12,26H,13H2,1-3H3. The van der Waals surface area contributed by atoms with Gasteiger partial charge in [0.2, 0.25) is 0 Å². The molecule has 2 aromatic carbocycles. The van der Waals surface area contributed by atoms with Crippen molar-refractivity contribution in [1.29, 1.82) is 0 Å². The van der Waals surface area contributed by atoms with Crippen molar-refractivity contribution in [1.82, 2.24) is 4.90 Å². The average molecular weight is 421 g/mol. The molecule has 152 valence electrons. The Morgan fingerprint density at radius 3 is 2.50 bits per heavy atom. The lowest BCUT2D eigenvalue weighted by atomic mass is 9.97. The molecule has 1 aliphatic rings. The fourth-order valence-electron chi connectivity index (χ4n) is 3.62. The molecular weight excluding hydrogens is 400 g/mol. The highest BCUT2D eigenvalue weighted by Crippen LogP contribution is 2.34. The Morgan fingerprint density at radius 2 is 1.80 bits per heavy atom. The van der Waals surface area contributed by atoms with Gasteiger partial charge in [-0.2, -0.15) is 0 Å². The molecule has 0 saturated heterocycles. The van der Waals surface area contributed by atoms with Crippen LogP contribution in [0.15, 0.2) is 64.9 Å². The molecule has 5 nitrogen and oxygen atoms in total. The second kappa shape index (κ2) is 7.84. The number of anilines is 1. The van der Waals surface area contributed by atoms with Gasteiger partial charge in [-0.25, -0.2) is 0 Å². The molecule has 0 aliphatic carbocycles. The minimum Gasteiger partial charge on any atom is -0.467 e. The number of halogens is 1. The molecule has 6 heteroatoms. The average Bonchev–Trinajstić information content (AvgIpc) is 3.29. The smallest absolute Gasteiger partial charge is 0.278 e. The lowest BCUT2D eigenvalue weighted by Crippen LogP contribution is -2.31. The van der Waals surface area contributed by atoms with Crippen LogP contribution >= 0.6 is 11.6 Å². The number of carbonyl (C=O) groups excluding carboxylic acids is 2. The second-order valence-electron chi connectivity index (χ2n) is 7.38. The molecule has 0 fully saturated rings. The Hall–Kier alpha value is -3.31. The number of aryl methyl sites for hydroxylation is 2. The van der Waals surface area contributed by atoms with E-state index in [0.29, 0.717) is 22.0 Å². The maximum absolute atomic E-state index is 13.4. The van der Waals surface area contributed by atoms with Crippen LogP contribution in [0, 0.1) is 20.8 Å². The number of hydrogen-bond donors (Lipinski definition) is 1. The molecule has 0 unspecified atom stereocenters. The summed E-state index contributed by atoms with van der Waals surface area (Å²) >= 11 is 6.25. The van der Waals surface area contributed by atoms with Crippen molar-refractivity contribution in [2.24, 2.45) is 0 Å². The van der Waals surface area contributed by atoms with Crippen LogP contribution < -0.4 is 5.32 Å². The summed E-state index contributed by atoms with van der Waals surface area (Å²) in [7, 11) is 0. The summed E-state index contributed by atoms with van der Waals surface area (Å²) in [4.78, 5) is 27.9. The van der Waals surface area contributed by atoms with Crippen LogP contribution in [0.1, 0.15) is 28.0 Å². The third-order valence-corrected chi connectivity index (χ3v) is 5.65. The first-order valence-electron chi connectivity index (χ1n) is 9.59. The predicted molar refractivity (Wildman–Crippen MR) is 117 cm³/mol. The molecule has 30 heavy (non-hydrogen) atoms. The second-order valence-corrected chi connectivity index (χ2v) is 7.79. The van der Waals surface area contributed by atoms with Gasteiger partial charge < -0.3 is 9.73 Å². The Kier molecular flexibility index (Phi) is 5.22. The molecule has 2 heterocycles. The van der Waals surface area contributed by atoms with Gasteiger partial charge in [-0.3, -0.25) is 14.5 Å². The van der Waals surface area contributed by atoms with Gasteiger partial charge in [-0.05, 0) is 61.7 Å². The zero-order valence-corrected chi connectivity index (χ0v) is 17.7. The van der Waals surface area contributed by atoms with Crippen molar-refractivity contribution in [2.45, 2.75) is 27.3 Å². The topological polar surface area (TPSA) is 62.6 Å². The Bertz CT molecular complexity index is 1180. The van der Waals surface area contributed by atoms with E-state index in [1.807, 2.05) is 45.0 Å². The number of hydrogen-bond acceptors (Lipinski definition) is 4. The predicted octanol–water partition coefficient (Wildman–Crippen LogP) is 5.25. The summed E-state index contributed by atoms with van der Waals surface area (Å²) in [5.74, 6) is -0.215. The van der Waals surface area contributed by atoms with Gasteiger partial charge in [0.25, 0.3) is 11.8 Å². The minimum absolute atomic E-state index is 0.0682. The van der Waals surface area contributed by atoms with Crippen LogP contribution in [0.2, 0.25) is 5.02 Å². The summed E-state index contributed by atoms with van der Waals surface area (Å²) in [5.41, 5.74) is 4.81. The van der Waals surface area contributed by atoms with Crippen molar-refractivity contribution < 1.29 is 14.0 Å². The zero-order chi connectivity index (χ0) is 21.4. The van der Waals surface area contributed by atoms with Gasteiger partial charge >= 0.3 is 0 Å². The molecule has 0 bridgehead atoms. The lowest BCUT2D eigenvalue weighted by Gasteiger charge is -2.14. The van der Waals surface area contributed by atoms with E-state index in [1.165, 1.54) is 11.2 Å². The molecule has 0 spiro atoms. The monoisotopic (exact) mass is 420 g/mol. The van der Waals surface area contributed by atoms with E-state index in [2.05, 4.69) is 5.32 Å². The van der Waals surface area contributed by atoms with Crippen LogP contribution in [0.4, 0.5) is 5.69 Å². The maximum Gasteiger partial charge on any atom is 0.278 e. The van der Waals surface area contributed by atoms with E-state index >= 15 is 0 Å². The molecule has 0 atom stereocenters. The number of carbonyl (C=O) groups is 2. The number of imide groups is 1. The van der Waals surface area contributed by atoms with Crippen molar-refractivity contribution in [3.63, 3.8) is 0 Å². The van der Waals surface area contributed by atoms with Gasteiger partial charge in [0.1, 0.15) is 11.5 Å². The quantitative estimate of drug-likeness (QED) is 0.572. The third kappa shape index (κ3) is 3.53. The van der Waals surface area contributed by atoms with E-state index < -0.39 is 5.91 Å².